The molecular formula is C14H22N4O3. The molecule has 1 aromatic rings. The van der Waals surface area contributed by atoms with Crippen molar-refractivity contribution in [2.45, 2.75) is 19.8 Å². The lowest BCUT2D eigenvalue weighted by atomic mass is 9.97. The van der Waals surface area contributed by atoms with Gasteiger partial charge in [0.1, 0.15) is 5.82 Å². The van der Waals surface area contributed by atoms with Crippen molar-refractivity contribution in [2.24, 2.45) is 5.92 Å². The van der Waals surface area contributed by atoms with E-state index in [0.717, 1.165) is 11.5 Å². The first-order chi connectivity index (χ1) is 10.1. The summed E-state index contributed by atoms with van der Waals surface area (Å²) in [7, 11) is 1.65. The fourth-order valence-corrected chi connectivity index (χ4v) is 2.41. The van der Waals surface area contributed by atoms with E-state index in [2.05, 4.69) is 20.2 Å². The molecule has 2 N–H and O–H groups in total. The number of ether oxygens (including phenoxy) is 1. The molecule has 0 aliphatic carbocycles. The molecule has 2 rings (SSSR count). The summed E-state index contributed by atoms with van der Waals surface area (Å²) < 4.78 is 4.99. The number of rotatable bonds is 6. The highest BCUT2D eigenvalue weighted by Crippen LogP contribution is 2.23. The maximum absolute atomic E-state index is 11.0. The fraction of sp³-hybridized carbons (Fsp3) is 0.643. The van der Waals surface area contributed by atoms with E-state index in [1.807, 2.05) is 13.0 Å². The zero-order chi connectivity index (χ0) is 15.2. The molecule has 0 atom stereocenters. The van der Waals surface area contributed by atoms with E-state index >= 15 is 0 Å². The van der Waals surface area contributed by atoms with E-state index in [0.29, 0.717) is 45.0 Å². The van der Waals surface area contributed by atoms with Crippen LogP contribution in [0.4, 0.5) is 11.8 Å². The van der Waals surface area contributed by atoms with Gasteiger partial charge in [0, 0.05) is 38.5 Å². The highest BCUT2D eigenvalue weighted by atomic mass is 16.5. The Morgan fingerprint density at radius 2 is 2.19 bits per heavy atom. The number of aromatic nitrogens is 2. The first-order valence-corrected chi connectivity index (χ1v) is 7.16. The van der Waals surface area contributed by atoms with Gasteiger partial charge in [-0.2, -0.15) is 4.98 Å². The van der Waals surface area contributed by atoms with E-state index < -0.39 is 5.97 Å². The summed E-state index contributed by atoms with van der Waals surface area (Å²) >= 11 is 0. The van der Waals surface area contributed by atoms with Crippen LogP contribution in [0.15, 0.2) is 6.07 Å². The van der Waals surface area contributed by atoms with E-state index in [1.165, 1.54) is 0 Å². The second-order valence-corrected chi connectivity index (χ2v) is 5.21. The molecule has 116 valence electrons. The van der Waals surface area contributed by atoms with Crippen molar-refractivity contribution in [1.29, 1.82) is 0 Å². The minimum atomic E-state index is -0.699. The van der Waals surface area contributed by atoms with Gasteiger partial charge in [-0.05, 0) is 19.8 Å². The molecule has 1 fully saturated rings. The summed E-state index contributed by atoms with van der Waals surface area (Å²) in [5.41, 5.74) is 0.889. The van der Waals surface area contributed by atoms with Gasteiger partial charge in [-0.15, -0.1) is 0 Å². The topological polar surface area (TPSA) is 87.6 Å². The molecule has 0 saturated carbocycles. The van der Waals surface area contributed by atoms with Crippen LogP contribution in [0, 0.1) is 12.8 Å². The van der Waals surface area contributed by atoms with Gasteiger partial charge in [0.05, 0.1) is 12.5 Å². The SMILES string of the molecule is COCCNc1nc(C)cc(N2CCC(C(=O)O)CC2)n1. The third-order valence-electron chi connectivity index (χ3n) is 3.60. The monoisotopic (exact) mass is 294 g/mol. The molecule has 7 heteroatoms. The average molecular weight is 294 g/mol. The first kappa shape index (κ1) is 15.5. The van der Waals surface area contributed by atoms with Gasteiger partial charge >= 0.3 is 5.97 Å². The smallest absolute Gasteiger partial charge is 0.306 e. The number of carbonyl (C=O) groups is 1. The number of nitrogens with one attached hydrogen (secondary N) is 1. The summed E-state index contributed by atoms with van der Waals surface area (Å²) in [5.74, 6) is 0.507. The Bertz CT molecular complexity index is 487. The van der Waals surface area contributed by atoms with E-state index in [9.17, 15) is 4.79 Å². The van der Waals surface area contributed by atoms with Crippen LogP contribution in [0.2, 0.25) is 0 Å². The van der Waals surface area contributed by atoms with Crippen molar-refractivity contribution in [3.8, 4) is 0 Å². The molecule has 7 nitrogen and oxygen atoms in total. The van der Waals surface area contributed by atoms with Crippen LogP contribution in [-0.2, 0) is 9.53 Å². The van der Waals surface area contributed by atoms with Crippen molar-refractivity contribution >= 4 is 17.7 Å². The third-order valence-corrected chi connectivity index (χ3v) is 3.60. The number of piperidine rings is 1. The van der Waals surface area contributed by atoms with Gasteiger partial charge in [-0.3, -0.25) is 4.79 Å². The van der Waals surface area contributed by atoms with Crippen molar-refractivity contribution < 1.29 is 14.6 Å². The van der Waals surface area contributed by atoms with Gasteiger partial charge in [0.25, 0.3) is 0 Å². The predicted molar refractivity (Wildman–Crippen MR) is 79.7 cm³/mol. The quantitative estimate of drug-likeness (QED) is 0.761. The van der Waals surface area contributed by atoms with Crippen LogP contribution in [-0.4, -0.2) is 54.4 Å². The zero-order valence-electron chi connectivity index (χ0n) is 12.5. The van der Waals surface area contributed by atoms with Crippen LogP contribution in [0.25, 0.3) is 0 Å². The van der Waals surface area contributed by atoms with Crippen molar-refractivity contribution in [3.05, 3.63) is 11.8 Å². The fourth-order valence-electron chi connectivity index (χ4n) is 2.41. The molecule has 1 aromatic heterocycles. The summed E-state index contributed by atoms with van der Waals surface area (Å²) in [5, 5.41) is 12.2. The van der Waals surface area contributed by atoms with E-state index in [1.54, 1.807) is 7.11 Å². The highest BCUT2D eigenvalue weighted by molar-refractivity contribution is 5.70. The Morgan fingerprint density at radius 1 is 1.48 bits per heavy atom. The number of methoxy groups -OCH3 is 1. The molecule has 1 aliphatic heterocycles. The summed E-state index contributed by atoms with van der Waals surface area (Å²) in [6.45, 7) is 4.60. The third kappa shape index (κ3) is 4.29. The lowest BCUT2D eigenvalue weighted by molar-refractivity contribution is -0.142. The number of aryl methyl sites for hydroxylation is 1. The Kier molecular flexibility index (Phi) is 5.32. The number of aliphatic carboxylic acids is 1. The number of hydrogen-bond donors (Lipinski definition) is 2. The normalized spacial score (nSPS) is 16.0. The van der Waals surface area contributed by atoms with E-state index in [-0.39, 0.29) is 5.92 Å². The molecule has 0 spiro atoms. The molecule has 1 aliphatic rings. The van der Waals surface area contributed by atoms with Crippen molar-refractivity contribution in [1.82, 2.24) is 9.97 Å². The molecule has 21 heavy (non-hydrogen) atoms. The number of hydrogen-bond acceptors (Lipinski definition) is 6. The molecule has 2 heterocycles. The van der Waals surface area contributed by atoms with Crippen LogP contribution >= 0.6 is 0 Å². The number of carboxylic acid groups (broad SMARTS) is 1. The molecule has 0 radical (unpaired) electrons. The molecule has 0 bridgehead atoms. The molecule has 0 amide bonds. The van der Waals surface area contributed by atoms with Gasteiger partial charge in [-0.1, -0.05) is 0 Å². The Morgan fingerprint density at radius 3 is 2.81 bits per heavy atom. The van der Waals surface area contributed by atoms with Crippen LogP contribution in [0.3, 0.4) is 0 Å². The average Bonchev–Trinajstić information content (AvgIpc) is 2.47. The Hall–Kier alpha value is -1.89. The van der Waals surface area contributed by atoms with Crippen LogP contribution < -0.4 is 10.2 Å². The second kappa shape index (κ2) is 7.21. The van der Waals surface area contributed by atoms with Gasteiger partial charge in [0.15, 0.2) is 0 Å². The molecule has 0 unspecified atom stereocenters. The van der Waals surface area contributed by atoms with Crippen molar-refractivity contribution in [3.63, 3.8) is 0 Å². The number of carboxylic acids is 1. The van der Waals surface area contributed by atoms with Crippen LogP contribution in [0.5, 0.6) is 0 Å². The number of nitrogens with zero attached hydrogens (tertiary/aromatic N) is 3. The highest BCUT2D eigenvalue weighted by Gasteiger charge is 2.25. The lowest BCUT2D eigenvalue weighted by Crippen LogP contribution is -2.37. The van der Waals surface area contributed by atoms with Crippen molar-refractivity contribution in [2.75, 3.05) is 43.6 Å². The Labute approximate surface area is 124 Å². The second-order valence-electron chi connectivity index (χ2n) is 5.21. The zero-order valence-corrected chi connectivity index (χ0v) is 12.5. The standard InChI is InChI=1S/C14H22N4O3/c1-10-9-12(17-14(16-10)15-5-8-21-2)18-6-3-11(4-7-18)13(19)20/h9,11H,3-8H2,1-2H3,(H,19,20)(H,15,16,17). The maximum atomic E-state index is 11.0. The minimum absolute atomic E-state index is 0.233. The molecule has 0 aromatic carbocycles. The van der Waals surface area contributed by atoms with Gasteiger partial charge in [0.2, 0.25) is 5.95 Å². The van der Waals surface area contributed by atoms with Gasteiger partial charge in [-0.25, -0.2) is 4.98 Å². The maximum Gasteiger partial charge on any atom is 0.306 e. The first-order valence-electron chi connectivity index (χ1n) is 7.16. The number of anilines is 2. The summed E-state index contributed by atoms with van der Waals surface area (Å²) in [6, 6.07) is 1.93. The predicted octanol–water partition coefficient (Wildman–Crippen LogP) is 1.14. The lowest BCUT2D eigenvalue weighted by Gasteiger charge is -2.31. The summed E-state index contributed by atoms with van der Waals surface area (Å²) in [6.07, 6.45) is 1.32. The van der Waals surface area contributed by atoms with E-state index in [4.69, 9.17) is 9.84 Å². The Balaban J connectivity index is 2.01. The largest absolute Gasteiger partial charge is 0.481 e. The molecular weight excluding hydrogens is 272 g/mol. The molecule has 1 saturated heterocycles. The van der Waals surface area contributed by atoms with Crippen LogP contribution in [0.1, 0.15) is 18.5 Å². The summed E-state index contributed by atoms with van der Waals surface area (Å²) in [4.78, 5) is 22.0. The van der Waals surface area contributed by atoms with Gasteiger partial charge < -0.3 is 20.1 Å². The minimum Gasteiger partial charge on any atom is -0.481 e.